The maximum atomic E-state index is 12.3. The number of hydrogen-bond acceptors (Lipinski definition) is 3. The van der Waals surface area contributed by atoms with E-state index in [1.807, 2.05) is 0 Å². The molecule has 0 spiro atoms. The summed E-state index contributed by atoms with van der Waals surface area (Å²) in [6, 6.07) is 6.54. The lowest BCUT2D eigenvalue weighted by Crippen LogP contribution is -2.37. The van der Waals surface area contributed by atoms with E-state index in [-0.39, 0.29) is 11.3 Å². The largest absolute Gasteiger partial charge is 0.434 e. The number of hydrogen-bond donors (Lipinski definition) is 2. The highest BCUT2D eigenvalue weighted by Gasteiger charge is 2.15. The summed E-state index contributed by atoms with van der Waals surface area (Å²) < 4.78 is 29.1. The first-order chi connectivity index (χ1) is 11.2. The summed E-state index contributed by atoms with van der Waals surface area (Å²) in [5.41, 5.74) is 0.127. The van der Waals surface area contributed by atoms with Crippen molar-refractivity contribution in [3.63, 3.8) is 0 Å². The molecule has 0 bridgehead atoms. The summed E-state index contributed by atoms with van der Waals surface area (Å²) in [6.45, 7) is -1.81. The molecule has 1 aliphatic carbocycles. The van der Waals surface area contributed by atoms with E-state index in [1.165, 1.54) is 50.7 Å². The first-order valence-corrected chi connectivity index (χ1v) is 8.22. The molecule has 2 N–H and O–H groups in total. The van der Waals surface area contributed by atoms with Gasteiger partial charge in [0, 0.05) is 19.1 Å². The quantitative estimate of drug-likeness (QED) is 0.597. The molecule has 0 atom stereocenters. The molecule has 1 aromatic rings. The minimum atomic E-state index is -2.94. The van der Waals surface area contributed by atoms with Crippen LogP contribution in [0.25, 0.3) is 0 Å². The first kappa shape index (κ1) is 17.7. The molecule has 1 saturated carbocycles. The Morgan fingerprint density at radius 1 is 1.13 bits per heavy atom. The van der Waals surface area contributed by atoms with Crippen LogP contribution in [0.1, 0.15) is 48.9 Å². The normalized spacial score (nSPS) is 16.1. The second-order valence-corrected chi connectivity index (χ2v) is 5.77. The van der Waals surface area contributed by atoms with Gasteiger partial charge >= 0.3 is 6.61 Å². The molecule has 1 aliphatic rings. The molecule has 0 saturated heterocycles. The molecule has 0 heterocycles. The minimum Gasteiger partial charge on any atom is -0.434 e. The molecule has 1 amide bonds. The van der Waals surface area contributed by atoms with Gasteiger partial charge in [-0.15, -0.1) is 0 Å². The third kappa shape index (κ3) is 6.14. The number of rotatable bonds is 7. The number of halogens is 2. The Morgan fingerprint density at radius 2 is 1.83 bits per heavy atom. The maximum absolute atomic E-state index is 12.3. The number of para-hydroxylation sites is 1. The van der Waals surface area contributed by atoms with Gasteiger partial charge in [0.2, 0.25) is 0 Å². The van der Waals surface area contributed by atoms with E-state index in [4.69, 9.17) is 0 Å². The van der Waals surface area contributed by atoms with Crippen LogP contribution in [-0.2, 0) is 0 Å². The molecule has 0 aliphatic heterocycles. The first-order valence-electron chi connectivity index (χ1n) is 8.22. The molecule has 1 aromatic carbocycles. The van der Waals surface area contributed by atoms with Gasteiger partial charge in [0.25, 0.3) is 5.91 Å². The Kier molecular flexibility index (Phi) is 7.26. The lowest BCUT2D eigenvalue weighted by Gasteiger charge is -2.16. The van der Waals surface area contributed by atoms with Crippen LogP contribution >= 0.6 is 0 Å². The highest BCUT2D eigenvalue weighted by Crippen LogP contribution is 2.20. The highest BCUT2D eigenvalue weighted by atomic mass is 19.3. The molecule has 0 aromatic heterocycles. The van der Waals surface area contributed by atoms with Crippen LogP contribution in [0.3, 0.4) is 0 Å². The zero-order valence-corrected chi connectivity index (χ0v) is 13.2. The molecule has 0 unspecified atom stereocenters. The molecule has 6 heteroatoms. The molecule has 1 fully saturated rings. The van der Waals surface area contributed by atoms with Crippen LogP contribution in [0, 0.1) is 0 Å². The Hall–Kier alpha value is -1.69. The number of ether oxygens (including phenoxy) is 1. The molecule has 4 nitrogen and oxygen atoms in total. The number of benzene rings is 1. The van der Waals surface area contributed by atoms with Crippen LogP contribution in [0.4, 0.5) is 8.78 Å². The van der Waals surface area contributed by atoms with E-state index in [0.717, 1.165) is 0 Å². The maximum Gasteiger partial charge on any atom is 0.387 e. The van der Waals surface area contributed by atoms with E-state index >= 15 is 0 Å². The van der Waals surface area contributed by atoms with Crippen LogP contribution in [-0.4, -0.2) is 31.7 Å². The van der Waals surface area contributed by atoms with E-state index in [1.54, 1.807) is 12.1 Å². The fraction of sp³-hybridized carbons (Fsp3) is 0.588. The zero-order valence-electron chi connectivity index (χ0n) is 13.2. The summed E-state index contributed by atoms with van der Waals surface area (Å²) in [5.74, 6) is -0.499. The zero-order chi connectivity index (χ0) is 16.5. The summed E-state index contributed by atoms with van der Waals surface area (Å²) in [7, 11) is 0. The number of amides is 1. The fourth-order valence-electron chi connectivity index (χ4n) is 2.88. The van der Waals surface area contributed by atoms with Crippen molar-refractivity contribution in [1.82, 2.24) is 10.6 Å². The molecule has 128 valence electrons. The molecule has 0 radical (unpaired) electrons. The smallest absolute Gasteiger partial charge is 0.387 e. The minimum absolute atomic E-state index is 0.100. The van der Waals surface area contributed by atoms with Crippen LogP contribution in [0.15, 0.2) is 24.3 Å². The van der Waals surface area contributed by atoms with E-state index in [0.29, 0.717) is 19.1 Å². The Balaban J connectivity index is 1.76. The van der Waals surface area contributed by atoms with Crippen LogP contribution in [0.5, 0.6) is 5.75 Å². The molecular formula is C17H24F2N2O2. The summed E-state index contributed by atoms with van der Waals surface area (Å²) in [5, 5.41) is 6.19. The lowest BCUT2D eigenvalue weighted by molar-refractivity contribution is -0.0501. The second kappa shape index (κ2) is 9.45. The average Bonchev–Trinajstić information content (AvgIpc) is 2.80. The van der Waals surface area contributed by atoms with Gasteiger partial charge in [-0.2, -0.15) is 8.78 Å². The highest BCUT2D eigenvalue weighted by molar-refractivity contribution is 5.96. The van der Waals surface area contributed by atoms with Gasteiger partial charge in [0.05, 0.1) is 5.56 Å². The predicted octanol–water partition coefficient (Wildman–Crippen LogP) is 3.33. The third-order valence-electron chi connectivity index (χ3n) is 4.05. The van der Waals surface area contributed by atoms with Gasteiger partial charge in [-0.1, -0.05) is 37.8 Å². The Bertz CT molecular complexity index is 489. The van der Waals surface area contributed by atoms with Crippen molar-refractivity contribution in [2.24, 2.45) is 0 Å². The van der Waals surface area contributed by atoms with Crippen molar-refractivity contribution >= 4 is 5.91 Å². The van der Waals surface area contributed by atoms with E-state index < -0.39 is 12.5 Å². The molecule has 23 heavy (non-hydrogen) atoms. The van der Waals surface area contributed by atoms with Gasteiger partial charge in [0.15, 0.2) is 0 Å². The number of alkyl halides is 2. The van der Waals surface area contributed by atoms with E-state index in [2.05, 4.69) is 15.4 Å². The van der Waals surface area contributed by atoms with Gasteiger partial charge in [-0.3, -0.25) is 4.79 Å². The van der Waals surface area contributed by atoms with Gasteiger partial charge in [-0.25, -0.2) is 0 Å². The van der Waals surface area contributed by atoms with Crippen molar-refractivity contribution in [2.45, 2.75) is 51.2 Å². The summed E-state index contributed by atoms with van der Waals surface area (Å²) in [6.07, 6.45) is 7.47. The van der Waals surface area contributed by atoms with E-state index in [9.17, 15) is 13.6 Å². The number of carbonyl (C=O) groups excluding carboxylic acids is 1. The molecule has 2 rings (SSSR count). The van der Waals surface area contributed by atoms with Crippen molar-refractivity contribution < 1.29 is 18.3 Å². The molecular weight excluding hydrogens is 302 g/mol. The van der Waals surface area contributed by atoms with Gasteiger partial charge < -0.3 is 15.4 Å². The lowest BCUT2D eigenvalue weighted by atomic mass is 10.1. The second-order valence-electron chi connectivity index (χ2n) is 5.77. The predicted molar refractivity (Wildman–Crippen MR) is 84.9 cm³/mol. The van der Waals surface area contributed by atoms with Crippen LogP contribution < -0.4 is 15.4 Å². The van der Waals surface area contributed by atoms with Crippen LogP contribution in [0.2, 0.25) is 0 Å². The van der Waals surface area contributed by atoms with Crippen molar-refractivity contribution in [3.05, 3.63) is 29.8 Å². The summed E-state index contributed by atoms with van der Waals surface area (Å²) in [4.78, 5) is 12.1. The number of carbonyl (C=O) groups is 1. The number of nitrogens with one attached hydrogen (secondary N) is 2. The average molecular weight is 326 g/mol. The van der Waals surface area contributed by atoms with Crippen molar-refractivity contribution in [1.29, 1.82) is 0 Å². The third-order valence-corrected chi connectivity index (χ3v) is 4.05. The fourth-order valence-corrected chi connectivity index (χ4v) is 2.88. The SMILES string of the molecule is O=C(NCCNC1CCCCCC1)c1ccccc1OC(F)F. The van der Waals surface area contributed by atoms with Crippen molar-refractivity contribution in [3.8, 4) is 5.75 Å². The standard InChI is InChI=1S/C17H24F2N2O2/c18-17(19)23-15-10-6-5-9-14(15)16(22)21-12-11-20-13-7-3-1-2-4-8-13/h5-6,9-10,13,17,20H,1-4,7-8,11-12H2,(H,21,22). The monoisotopic (exact) mass is 326 g/mol. The van der Waals surface area contributed by atoms with Gasteiger partial charge in [0.1, 0.15) is 5.75 Å². The van der Waals surface area contributed by atoms with Crippen molar-refractivity contribution in [2.75, 3.05) is 13.1 Å². The van der Waals surface area contributed by atoms with Gasteiger partial charge in [-0.05, 0) is 25.0 Å². The topological polar surface area (TPSA) is 50.4 Å². The Morgan fingerprint density at radius 3 is 2.52 bits per heavy atom. The summed E-state index contributed by atoms with van der Waals surface area (Å²) >= 11 is 0. The Labute approximate surface area is 135 Å².